The zero-order valence-electron chi connectivity index (χ0n) is 16.4. The molecule has 0 radical (unpaired) electrons. The second-order valence-corrected chi connectivity index (χ2v) is 7.88. The molecule has 2 amide bonds. The molecule has 0 saturated carbocycles. The van der Waals surface area contributed by atoms with E-state index in [1.165, 1.54) is 16.2 Å². The second-order valence-electron chi connectivity index (χ2n) is 6.94. The summed E-state index contributed by atoms with van der Waals surface area (Å²) >= 11 is 1.52. The van der Waals surface area contributed by atoms with Crippen LogP contribution in [0, 0.1) is 6.92 Å². The first-order valence-electron chi connectivity index (χ1n) is 9.58. The van der Waals surface area contributed by atoms with Crippen molar-refractivity contribution < 1.29 is 19.2 Å². The number of anilines is 1. The van der Waals surface area contributed by atoms with Crippen LogP contribution in [0.5, 0.6) is 0 Å². The number of benzene rings is 1. The molecule has 0 unspecified atom stereocenters. The molecule has 7 nitrogen and oxygen atoms in total. The standard InChI is InChI=1S/C20H26N4O3S/c1-3-27-20(26)24-10-8-23(9-11-24)13-17-14-28-19(22-17)12-18(25)21-16-6-4-15(2)5-7-16/h4-7,14H,3,8-13H2,1-2H3,(H,21,25)/p+1. The van der Waals surface area contributed by atoms with Crippen molar-refractivity contribution in [3.8, 4) is 0 Å². The molecule has 0 spiro atoms. The lowest BCUT2D eigenvalue weighted by Gasteiger charge is -2.31. The summed E-state index contributed by atoms with van der Waals surface area (Å²) in [5, 5.41) is 5.76. The molecule has 2 aromatic rings. The average Bonchev–Trinajstić information content (AvgIpc) is 3.11. The highest BCUT2D eigenvalue weighted by atomic mass is 32.1. The highest BCUT2D eigenvalue weighted by Gasteiger charge is 2.25. The Kier molecular flexibility index (Phi) is 7.00. The summed E-state index contributed by atoms with van der Waals surface area (Å²) in [7, 11) is 0. The summed E-state index contributed by atoms with van der Waals surface area (Å²) in [5.74, 6) is -0.0554. The van der Waals surface area contributed by atoms with Gasteiger partial charge in [0.15, 0.2) is 0 Å². The van der Waals surface area contributed by atoms with Crippen molar-refractivity contribution in [1.82, 2.24) is 9.88 Å². The minimum Gasteiger partial charge on any atom is -0.450 e. The molecule has 1 aliphatic rings. The number of carbonyl (C=O) groups is 2. The number of aromatic nitrogens is 1. The van der Waals surface area contributed by atoms with Crippen molar-refractivity contribution in [1.29, 1.82) is 0 Å². The van der Waals surface area contributed by atoms with E-state index in [-0.39, 0.29) is 18.4 Å². The lowest BCUT2D eigenvalue weighted by molar-refractivity contribution is -0.917. The van der Waals surface area contributed by atoms with E-state index in [9.17, 15) is 9.59 Å². The van der Waals surface area contributed by atoms with Crippen molar-refractivity contribution >= 4 is 29.0 Å². The number of hydrogen-bond donors (Lipinski definition) is 2. The van der Waals surface area contributed by atoms with Crippen LogP contribution in [0.4, 0.5) is 10.5 Å². The molecule has 8 heteroatoms. The van der Waals surface area contributed by atoms with Crippen LogP contribution in [0.3, 0.4) is 0 Å². The fourth-order valence-electron chi connectivity index (χ4n) is 3.14. The van der Waals surface area contributed by atoms with Crippen LogP contribution in [-0.4, -0.2) is 54.7 Å². The van der Waals surface area contributed by atoms with Gasteiger partial charge in [0.25, 0.3) is 0 Å². The summed E-state index contributed by atoms with van der Waals surface area (Å²) in [6.45, 7) is 8.20. The minimum atomic E-state index is -0.225. The lowest BCUT2D eigenvalue weighted by atomic mass is 10.2. The van der Waals surface area contributed by atoms with Crippen molar-refractivity contribution in [2.45, 2.75) is 26.8 Å². The third-order valence-corrected chi connectivity index (χ3v) is 5.57. The van der Waals surface area contributed by atoms with Gasteiger partial charge in [-0.15, -0.1) is 11.3 Å². The van der Waals surface area contributed by atoms with Crippen molar-refractivity contribution in [3.63, 3.8) is 0 Å². The predicted octanol–water partition coefficient (Wildman–Crippen LogP) is 1.49. The highest BCUT2D eigenvalue weighted by Crippen LogP contribution is 2.13. The molecule has 150 valence electrons. The maximum atomic E-state index is 12.2. The number of hydrogen-bond acceptors (Lipinski definition) is 5. The summed E-state index contributed by atoms with van der Waals surface area (Å²) in [4.78, 5) is 31.7. The molecule has 1 fully saturated rings. The van der Waals surface area contributed by atoms with Crippen LogP contribution in [0.25, 0.3) is 0 Å². The van der Waals surface area contributed by atoms with E-state index in [0.717, 1.165) is 41.6 Å². The van der Waals surface area contributed by atoms with E-state index < -0.39 is 0 Å². The van der Waals surface area contributed by atoms with E-state index in [0.29, 0.717) is 19.7 Å². The van der Waals surface area contributed by atoms with Crippen LogP contribution < -0.4 is 10.2 Å². The molecule has 3 rings (SSSR count). The second kappa shape index (κ2) is 9.66. The first-order chi connectivity index (χ1) is 13.5. The van der Waals surface area contributed by atoms with Crippen LogP contribution in [0.2, 0.25) is 0 Å². The quantitative estimate of drug-likeness (QED) is 0.766. The molecule has 1 saturated heterocycles. The van der Waals surface area contributed by atoms with Gasteiger partial charge in [-0.3, -0.25) is 9.69 Å². The number of nitrogens with zero attached hydrogens (tertiary/aromatic N) is 2. The van der Waals surface area contributed by atoms with Gasteiger partial charge in [0.1, 0.15) is 17.2 Å². The Morgan fingerprint density at radius 3 is 2.64 bits per heavy atom. The number of quaternary nitrogens is 1. The van der Waals surface area contributed by atoms with Crippen LogP contribution >= 0.6 is 11.3 Å². The molecular formula is C20H27N4O3S+. The Labute approximate surface area is 169 Å². The summed E-state index contributed by atoms with van der Waals surface area (Å²) in [5.41, 5.74) is 2.96. The Morgan fingerprint density at radius 2 is 1.96 bits per heavy atom. The Hall–Kier alpha value is -2.45. The zero-order valence-corrected chi connectivity index (χ0v) is 17.2. The van der Waals surface area contributed by atoms with Gasteiger partial charge in [-0.1, -0.05) is 17.7 Å². The zero-order chi connectivity index (χ0) is 19.9. The summed E-state index contributed by atoms with van der Waals surface area (Å²) < 4.78 is 5.05. The molecule has 1 aromatic heterocycles. The monoisotopic (exact) mass is 403 g/mol. The SMILES string of the molecule is CCOC(=O)N1CC[NH+](Cc2csc(CC(=O)Nc3ccc(C)cc3)n2)CC1. The van der Waals surface area contributed by atoms with Gasteiger partial charge in [-0.25, -0.2) is 9.78 Å². The van der Waals surface area contributed by atoms with Crippen LogP contribution in [-0.2, 0) is 22.5 Å². The molecule has 0 aliphatic carbocycles. The molecule has 1 aliphatic heterocycles. The van der Waals surface area contributed by atoms with Gasteiger partial charge in [-0.05, 0) is 26.0 Å². The first-order valence-corrected chi connectivity index (χ1v) is 10.5. The van der Waals surface area contributed by atoms with Gasteiger partial charge in [0, 0.05) is 11.1 Å². The molecular weight excluding hydrogens is 376 g/mol. The topological polar surface area (TPSA) is 76.0 Å². The lowest BCUT2D eigenvalue weighted by Crippen LogP contribution is -3.13. The number of ether oxygens (including phenoxy) is 1. The number of piperazine rings is 1. The molecule has 2 heterocycles. The van der Waals surface area contributed by atoms with Gasteiger partial charge < -0.3 is 15.0 Å². The van der Waals surface area contributed by atoms with Crippen LogP contribution in [0.1, 0.15) is 23.2 Å². The molecule has 2 N–H and O–H groups in total. The van der Waals surface area contributed by atoms with Gasteiger partial charge in [0.2, 0.25) is 5.91 Å². The number of amides is 2. The fraction of sp³-hybridized carbons (Fsp3) is 0.450. The third-order valence-electron chi connectivity index (χ3n) is 4.67. The molecule has 1 aromatic carbocycles. The van der Waals surface area contributed by atoms with Crippen molar-refractivity contribution in [2.75, 3.05) is 38.1 Å². The van der Waals surface area contributed by atoms with Crippen molar-refractivity contribution in [2.24, 2.45) is 0 Å². The van der Waals surface area contributed by atoms with Crippen molar-refractivity contribution in [3.05, 3.63) is 45.9 Å². The van der Waals surface area contributed by atoms with E-state index >= 15 is 0 Å². The van der Waals surface area contributed by atoms with Crippen LogP contribution in [0.15, 0.2) is 29.6 Å². The van der Waals surface area contributed by atoms with Gasteiger partial charge in [0.05, 0.1) is 39.2 Å². The number of carbonyl (C=O) groups excluding carboxylic acids is 2. The maximum Gasteiger partial charge on any atom is 0.410 e. The van der Waals surface area contributed by atoms with E-state index in [1.807, 2.05) is 43.5 Å². The fourth-order valence-corrected chi connectivity index (χ4v) is 3.94. The third kappa shape index (κ3) is 5.77. The summed E-state index contributed by atoms with van der Waals surface area (Å²) in [6.07, 6.45) is 0.0573. The Balaban J connectivity index is 1.45. The Morgan fingerprint density at radius 1 is 1.25 bits per heavy atom. The average molecular weight is 404 g/mol. The molecule has 0 bridgehead atoms. The van der Waals surface area contributed by atoms with E-state index in [4.69, 9.17) is 4.74 Å². The number of aryl methyl sites for hydroxylation is 1. The smallest absolute Gasteiger partial charge is 0.410 e. The summed E-state index contributed by atoms with van der Waals surface area (Å²) in [6, 6.07) is 7.75. The van der Waals surface area contributed by atoms with E-state index in [2.05, 4.69) is 10.3 Å². The molecule has 0 atom stereocenters. The van der Waals surface area contributed by atoms with Gasteiger partial charge >= 0.3 is 6.09 Å². The normalized spacial score (nSPS) is 14.7. The Bertz CT molecular complexity index is 798. The predicted molar refractivity (Wildman–Crippen MR) is 109 cm³/mol. The first kappa shape index (κ1) is 20.3. The molecule has 28 heavy (non-hydrogen) atoms. The van der Waals surface area contributed by atoms with Gasteiger partial charge in [-0.2, -0.15) is 0 Å². The van der Waals surface area contributed by atoms with E-state index in [1.54, 1.807) is 4.90 Å². The minimum absolute atomic E-state index is 0.0554. The largest absolute Gasteiger partial charge is 0.450 e. The number of rotatable bonds is 6. The highest BCUT2D eigenvalue weighted by molar-refractivity contribution is 7.09. The number of thiazole rings is 1. The number of nitrogens with one attached hydrogen (secondary N) is 2. The maximum absolute atomic E-state index is 12.2.